The smallest absolute Gasteiger partial charge is 0.315 e. The van der Waals surface area contributed by atoms with Crippen LogP contribution >= 0.6 is 0 Å². The van der Waals surface area contributed by atoms with Crippen LogP contribution in [0, 0.1) is 12.8 Å². The number of hydrogen-bond donors (Lipinski definition) is 2. The molecule has 6 nitrogen and oxygen atoms in total. The van der Waals surface area contributed by atoms with Gasteiger partial charge in [-0.15, -0.1) is 0 Å². The second kappa shape index (κ2) is 7.34. The van der Waals surface area contributed by atoms with Crippen molar-refractivity contribution >= 4 is 17.0 Å². The molecule has 0 bridgehead atoms. The van der Waals surface area contributed by atoms with Crippen molar-refractivity contribution in [1.29, 1.82) is 0 Å². The predicted octanol–water partition coefficient (Wildman–Crippen LogP) is 4.55. The normalized spacial score (nSPS) is 17.5. The average Bonchev–Trinajstić information content (AvgIpc) is 3.20. The summed E-state index contributed by atoms with van der Waals surface area (Å²) in [5.41, 5.74) is 4.16. The molecule has 1 aliphatic rings. The molecule has 2 unspecified atom stereocenters. The Morgan fingerprint density at radius 1 is 1.32 bits per heavy atom. The summed E-state index contributed by atoms with van der Waals surface area (Å²) >= 11 is 0. The van der Waals surface area contributed by atoms with Gasteiger partial charge in [-0.3, -0.25) is 4.68 Å². The number of para-hydroxylation sites is 1. The number of furan rings is 1. The molecule has 0 radical (unpaired) electrons. The third kappa shape index (κ3) is 3.39. The Morgan fingerprint density at radius 3 is 2.86 bits per heavy atom. The lowest BCUT2D eigenvalue weighted by molar-refractivity contribution is 0.224. The zero-order valence-electron chi connectivity index (χ0n) is 17.0. The number of hydrogen-bond acceptors (Lipinski definition) is 3. The van der Waals surface area contributed by atoms with E-state index in [2.05, 4.69) is 42.6 Å². The Morgan fingerprint density at radius 2 is 2.11 bits per heavy atom. The van der Waals surface area contributed by atoms with Crippen LogP contribution in [-0.4, -0.2) is 15.8 Å². The molecule has 0 aliphatic heterocycles. The molecule has 6 heteroatoms. The lowest BCUT2D eigenvalue weighted by Crippen LogP contribution is -2.42. The molecule has 1 aromatic carbocycles. The highest BCUT2D eigenvalue weighted by atomic mass is 16.3. The lowest BCUT2D eigenvalue weighted by Gasteiger charge is -2.26. The molecule has 148 valence electrons. The SMILES string of the molecule is Cc1c(C(NC(=O)NC2CCCc3nn(C)cc32)C(C)C)oc2ccccc12. The van der Waals surface area contributed by atoms with Gasteiger partial charge in [0, 0.05) is 29.8 Å². The largest absolute Gasteiger partial charge is 0.459 e. The van der Waals surface area contributed by atoms with Gasteiger partial charge in [-0.05, 0) is 38.2 Å². The minimum Gasteiger partial charge on any atom is -0.459 e. The quantitative estimate of drug-likeness (QED) is 0.697. The van der Waals surface area contributed by atoms with E-state index in [1.54, 1.807) is 0 Å². The second-order valence-electron chi connectivity index (χ2n) is 8.08. The van der Waals surface area contributed by atoms with Crippen molar-refractivity contribution in [2.75, 3.05) is 0 Å². The Balaban J connectivity index is 1.54. The molecule has 0 saturated heterocycles. The van der Waals surface area contributed by atoms with E-state index in [-0.39, 0.29) is 24.0 Å². The molecular weight excluding hydrogens is 352 g/mol. The summed E-state index contributed by atoms with van der Waals surface area (Å²) in [5, 5.41) is 11.9. The van der Waals surface area contributed by atoms with Crippen LogP contribution in [0.2, 0.25) is 0 Å². The number of carbonyl (C=O) groups is 1. The maximum Gasteiger partial charge on any atom is 0.315 e. The van der Waals surface area contributed by atoms with Gasteiger partial charge in [0.15, 0.2) is 0 Å². The van der Waals surface area contributed by atoms with E-state index in [4.69, 9.17) is 4.42 Å². The van der Waals surface area contributed by atoms with Gasteiger partial charge in [0.1, 0.15) is 11.3 Å². The fraction of sp³-hybridized carbons (Fsp3) is 0.455. The van der Waals surface area contributed by atoms with Crippen LogP contribution in [-0.2, 0) is 13.5 Å². The van der Waals surface area contributed by atoms with Crippen molar-refractivity contribution in [2.24, 2.45) is 13.0 Å². The fourth-order valence-corrected chi connectivity index (χ4v) is 4.18. The van der Waals surface area contributed by atoms with Gasteiger partial charge in [0.05, 0.1) is 17.8 Å². The molecule has 2 heterocycles. The zero-order valence-corrected chi connectivity index (χ0v) is 17.0. The van der Waals surface area contributed by atoms with Crippen LogP contribution in [0.5, 0.6) is 0 Å². The summed E-state index contributed by atoms with van der Waals surface area (Å²) in [6.07, 6.45) is 4.96. The molecule has 28 heavy (non-hydrogen) atoms. The Labute approximate surface area is 165 Å². The third-order valence-corrected chi connectivity index (χ3v) is 5.64. The van der Waals surface area contributed by atoms with Gasteiger partial charge in [-0.1, -0.05) is 32.0 Å². The van der Waals surface area contributed by atoms with Gasteiger partial charge in [0.2, 0.25) is 0 Å². The first-order valence-corrected chi connectivity index (χ1v) is 10.0. The lowest BCUT2D eigenvalue weighted by atomic mass is 9.93. The second-order valence-corrected chi connectivity index (χ2v) is 8.08. The summed E-state index contributed by atoms with van der Waals surface area (Å²) < 4.78 is 7.95. The summed E-state index contributed by atoms with van der Waals surface area (Å²) in [4.78, 5) is 12.9. The summed E-state index contributed by atoms with van der Waals surface area (Å²) in [6, 6.07) is 7.64. The summed E-state index contributed by atoms with van der Waals surface area (Å²) in [6.45, 7) is 6.24. The van der Waals surface area contributed by atoms with Crippen LogP contribution in [0.15, 0.2) is 34.9 Å². The van der Waals surface area contributed by atoms with Crippen LogP contribution in [0.25, 0.3) is 11.0 Å². The topological polar surface area (TPSA) is 72.1 Å². The maximum absolute atomic E-state index is 12.9. The maximum atomic E-state index is 12.9. The third-order valence-electron chi connectivity index (χ3n) is 5.64. The zero-order chi connectivity index (χ0) is 19.8. The van der Waals surface area contributed by atoms with E-state index in [9.17, 15) is 4.79 Å². The van der Waals surface area contributed by atoms with Crippen molar-refractivity contribution in [3.05, 3.63) is 53.0 Å². The highest BCUT2D eigenvalue weighted by molar-refractivity contribution is 5.82. The molecule has 3 aromatic rings. The molecule has 1 aliphatic carbocycles. The molecule has 0 spiro atoms. The number of nitrogens with zero attached hydrogens (tertiary/aromatic N) is 2. The van der Waals surface area contributed by atoms with E-state index in [1.165, 1.54) is 0 Å². The first kappa shape index (κ1) is 18.6. The number of amides is 2. The van der Waals surface area contributed by atoms with Gasteiger partial charge >= 0.3 is 6.03 Å². The number of aryl methyl sites for hydroxylation is 3. The van der Waals surface area contributed by atoms with Crippen LogP contribution in [0.4, 0.5) is 4.79 Å². The highest BCUT2D eigenvalue weighted by Gasteiger charge is 2.28. The van der Waals surface area contributed by atoms with E-state index < -0.39 is 0 Å². The summed E-state index contributed by atoms with van der Waals surface area (Å²) in [7, 11) is 1.93. The van der Waals surface area contributed by atoms with E-state index in [0.29, 0.717) is 0 Å². The summed E-state index contributed by atoms with van der Waals surface area (Å²) in [5.74, 6) is 1.03. The molecule has 0 saturated carbocycles. The fourth-order valence-electron chi connectivity index (χ4n) is 4.18. The van der Waals surface area contributed by atoms with Crippen molar-refractivity contribution in [1.82, 2.24) is 20.4 Å². The Kier molecular flexibility index (Phi) is 4.87. The molecule has 2 atom stereocenters. The van der Waals surface area contributed by atoms with Gasteiger partial charge in [0.25, 0.3) is 0 Å². The number of fused-ring (bicyclic) bond motifs is 2. The average molecular weight is 380 g/mol. The van der Waals surface area contributed by atoms with E-state index >= 15 is 0 Å². The Bertz CT molecular complexity index is 1000. The monoisotopic (exact) mass is 380 g/mol. The van der Waals surface area contributed by atoms with E-state index in [1.807, 2.05) is 36.1 Å². The number of benzene rings is 1. The molecule has 2 amide bonds. The van der Waals surface area contributed by atoms with Crippen molar-refractivity contribution in [3.63, 3.8) is 0 Å². The molecular formula is C22H28N4O2. The minimum atomic E-state index is -0.190. The van der Waals surface area contributed by atoms with Crippen molar-refractivity contribution in [2.45, 2.75) is 52.1 Å². The van der Waals surface area contributed by atoms with Crippen molar-refractivity contribution < 1.29 is 9.21 Å². The van der Waals surface area contributed by atoms with Crippen molar-refractivity contribution in [3.8, 4) is 0 Å². The number of carbonyl (C=O) groups excluding carboxylic acids is 1. The first-order valence-electron chi connectivity index (χ1n) is 10.0. The predicted molar refractivity (Wildman–Crippen MR) is 109 cm³/mol. The number of nitrogens with one attached hydrogen (secondary N) is 2. The molecule has 2 N–H and O–H groups in total. The molecule has 0 fully saturated rings. The first-order chi connectivity index (χ1) is 13.4. The number of urea groups is 1. The highest BCUT2D eigenvalue weighted by Crippen LogP contribution is 2.33. The molecule has 2 aromatic heterocycles. The van der Waals surface area contributed by atoms with Gasteiger partial charge < -0.3 is 15.1 Å². The van der Waals surface area contributed by atoms with Gasteiger partial charge in [-0.25, -0.2) is 4.79 Å². The van der Waals surface area contributed by atoms with Crippen LogP contribution in [0.3, 0.4) is 0 Å². The van der Waals surface area contributed by atoms with Crippen LogP contribution in [0.1, 0.15) is 61.4 Å². The Hall–Kier alpha value is -2.76. The van der Waals surface area contributed by atoms with Crippen LogP contribution < -0.4 is 10.6 Å². The standard InChI is InChI=1S/C22H28N4O2/c1-13(2)20(21-14(3)15-8-5-6-11-19(15)28-21)24-22(27)23-17-9-7-10-18-16(17)12-26(4)25-18/h5-6,8,11-13,17,20H,7,9-10H2,1-4H3,(H2,23,24,27). The number of rotatable bonds is 4. The van der Waals surface area contributed by atoms with Gasteiger partial charge in [-0.2, -0.15) is 5.10 Å². The van der Waals surface area contributed by atoms with E-state index in [0.717, 1.165) is 52.8 Å². The number of aromatic nitrogens is 2. The minimum absolute atomic E-state index is 0.00188. The molecule has 4 rings (SSSR count).